The SMILES string of the molecule is CN(C)C(=O)NCCNCc1cn(CCCO)nn1. The van der Waals surface area contributed by atoms with Crippen molar-refractivity contribution in [2.24, 2.45) is 0 Å². The molecule has 1 rings (SSSR count). The Kier molecular flexibility index (Phi) is 6.83. The van der Waals surface area contributed by atoms with Gasteiger partial charge < -0.3 is 20.6 Å². The fourth-order valence-corrected chi connectivity index (χ4v) is 1.39. The van der Waals surface area contributed by atoms with E-state index in [4.69, 9.17) is 5.11 Å². The highest BCUT2D eigenvalue weighted by Gasteiger charge is 2.02. The Balaban J connectivity index is 2.12. The average Bonchev–Trinajstić information content (AvgIpc) is 2.83. The standard InChI is InChI=1S/C11H22N6O2/c1-16(2)11(19)13-5-4-12-8-10-9-17(15-14-10)6-3-7-18/h9,12,18H,3-8H2,1-2H3,(H,13,19). The first-order valence-corrected chi connectivity index (χ1v) is 6.29. The summed E-state index contributed by atoms with van der Waals surface area (Å²) in [4.78, 5) is 12.7. The van der Waals surface area contributed by atoms with Gasteiger partial charge in [0.2, 0.25) is 0 Å². The van der Waals surface area contributed by atoms with Crippen LogP contribution < -0.4 is 10.6 Å². The predicted molar refractivity (Wildman–Crippen MR) is 70.5 cm³/mol. The number of urea groups is 1. The van der Waals surface area contributed by atoms with Crippen LogP contribution in [0.3, 0.4) is 0 Å². The van der Waals surface area contributed by atoms with Gasteiger partial charge in [0, 0.05) is 53.1 Å². The van der Waals surface area contributed by atoms with Crippen LogP contribution in [0.25, 0.3) is 0 Å². The lowest BCUT2D eigenvalue weighted by molar-refractivity contribution is 0.217. The number of carbonyl (C=O) groups excluding carboxylic acids is 1. The van der Waals surface area contributed by atoms with E-state index in [1.165, 1.54) is 4.90 Å². The molecule has 0 fully saturated rings. The number of nitrogens with one attached hydrogen (secondary N) is 2. The highest BCUT2D eigenvalue weighted by Crippen LogP contribution is 1.93. The predicted octanol–water partition coefficient (Wildman–Crippen LogP) is -0.979. The third-order valence-corrected chi connectivity index (χ3v) is 2.42. The van der Waals surface area contributed by atoms with Crippen LogP contribution in [0.15, 0.2) is 6.20 Å². The lowest BCUT2D eigenvalue weighted by atomic mass is 10.4. The molecule has 0 atom stereocenters. The lowest BCUT2D eigenvalue weighted by Crippen LogP contribution is -2.38. The fourth-order valence-electron chi connectivity index (χ4n) is 1.39. The summed E-state index contributed by atoms with van der Waals surface area (Å²) in [6.45, 7) is 2.66. The Bertz CT molecular complexity index is 379. The summed E-state index contributed by atoms with van der Waals surface area (Å²) in [7, 11) is 3.40. The van der Waals surface area contributed by atoms with Gasteiger partial charge in [-0.15, -0.1) is 5.10 Å². The molecule has 0 bridgehead atoms. The zero-order valence-electron chi connectivity index (χ0n) is 11.5. The minimum atomic E-state index is -0.100. The summed E-state index contributed by atoms with van der Waals surface area (Å²) in [5, 5.41) is 22.6. The highest BCUT2D eigenvalue weighted by atomic mass is 16.3. The molecule has 0 saturated carbocycles. The van der Waals surface area contributed by atoms with E-state index in [2.05, 4.69) is 20.9 Å². The van der Waals surface area contributed by atoms with Gasteiger partial charge in [-0.1, -0.05) is 5.21 Å². The van der Waals surface area contributed by atoms with E-state index < -0.39 is 0 Å². The molecule has 0 radical (unpaired) electrons. The summed E-state index contributed by atoms with van der Waals surface area (Å²) < 4.78 is 1.71. The van der Waals surface area contributed by atoms with Crippen molar-refractivity contribution >= 4 is 6.03 Å². The molecule has 0 aromatic carbocycles. The van der Waals surface area contributed by atoms with E-state index in [0.717, 1.165) is 5.69 Å². The maximum atomic E-state index is 11.2. The average molecular weight is 270 g/mol. The van der Waals surface area contributed by atoms with Gasteiger partial charge in [0.25, 0.3) is 0 Å². The monoisotopic (exact) mass is 270 g/mol. The molecule has 0 aliphatic carbocycles. The summed E-state index contributed by atoms with van der Waals surface area (Å²) in [6, 6.07) is -0.100. The van der Waals surface area contributed by atoms with Crippen molar-refractivity contribution in [3.63, 3.8) is 0 Å². The minimum Gasteiger partial charge on any atom is -0.396 e. The number of aromatic nitrogens is 3. The summed E-state index contributed by atoms with van der Waals surface area (Å²) in [5.74, 6) is 0. The van der Waals surface area contributed by atoms with E-state index in [0.29, 0.717) is 32.6 Å². The van der Waals surface area contributed by atoms with Gasteiger partial charge in [-0.25, -0.2) is 4.79 Å². The van der Waals surface area contributed by atoms with Crippen LogP contribution in [0.5, 0.6) is 0 Å². The van der Waals surface area contributed by atoms with Crippen molar-refractivity contribution in [2.45, 2.75) is 19.5 Å². The van der Waals surface area contributed by atoms with Gasteiger partial charge in [-0.2, -0.15) is 0 Å². The Hall–Kier alpha value is -1.67. The van der Waals surface area contributed by atoms with Gasteiger partial charge in [-0.05, 0) is 6.42 Å². The van der Waals surface area contributed by atoms with E-state index in [9.17, 15) is 4.79 Å². The third kappa shape index (κ3) is 6.16. The number of hydrogen-bond acceptors (Lipinski definition) is 5. The largest absolute Gasteiger partial charge is 0.396 e. The van der Waals surface area contributed by atoms with E-state index in [-0.39, 0.29) is 12.6 Å². The van der Waals surface area contributed by atoms with E-state index in [1.807, 2.05) is 6.20 Å². The van der Waals surface area contributed by atoms with Gasteiger partial charge in [0.15, 0.2) is 0 Å². The second-order valence-electron chi connectivity index (χ2n) is 4.35. The number of carbonyl (C=O) groups is 1. The summed E-state index contributed by atoms with van der Waals surface area (Å²) in [6.07, 6.45) is 2.52. The highest BCUT2D eigenvalue weighted by molar-refractivity contribution is 5.73. The Morgan fingerprint density at radius 2 is 2.26 bits per heavy atom. The smallest absolute Gasteiger partial charge is 0.316 e. The van der Waals surface area contributed by atoms with Gasteiger partial charge in [-0.3, -0.25) is 4.68 Å². The molecule has 1 heterocycles. The first-order valence-electron chi connectivity index (χ1n) is 6.29. The molecule has 19 heavy (non-hydrogen) atoms. The molecule has 0 spiro atoms. The summed E-state index contributed by atoms with van der Waals surface area (Å²) in [5.41, 5.74) is 0.844. The number of amides is 2. The quantitative estimate of drug-likeness (QED) is 0.528. The van der Waals surface area contributed by atoms with Crippen LogP contribution in [0.1, 0.15) is 12.1 Å². The third-order valence-electron chi connectivity index (χ3n) is 2.42. The molecule has 0 aliphatic rings. The first-order chi connectivity index (χ1) is 9.13. The van der Waals surface area contributed by atoms with Crippen LogP contribution in [0.4, 0.5) is 4.79 Å². The molecular weight excluding hydrogens is 248 g/mol. The fraction of sp³-hybridized carbons (Fsp3) is 0.727. The first kappa shape index (κ1) is 15.4. The number of nitrogens with zero attached hydrogens (tertiary/aromatic N) is 4. The molecule has 8 heteroatoms. The molecular formula is C11H22N6O2. The normalized spacial score (nSPS) is 10.5. The number of rotatable bonds is 8. The van der Waals surface area contributed by atoms with Gasteiger partial charge in [0.1, 0.15) is 0 Å². The molecule has 2 amide bonds. The van der Waals surface area contributed by atoms with Crippen molar-refractivity contribution < 1.29 is 9.90 Å². The number of aliphatic hydroxyl groups is 1. The Morgan fingerprint density at radius 1 is 1.47 bits per heavy atom. The molecule has 0 aliphatic heterocycles. The van der Waals surface area contributed by atoms with Crippen LogP contribution in [0, 0.1) is 0 Å². The second kappa shape index (κ2) is 8.44. The lowest BCUT2D eigenvalue weighted by Gasteiger charge is -2.11. The zero-order chi connectivity index (χ0) is 14.1. The summed E-state index contributed by atoms with van der Waals surface area (Å²) >= 11 is 0. The van der Waals surface area contributed by atoms with Crippen LogP contribution >= 0.6 is 0 Å². The van der Waals surface area contributed by atoms with Gasteiger partial charge in [0.05, 0.1) is 5.69 Å². The van der Waals surface area contributed by atoms with Crippen molar-refractivity contribution in [1.29, 1.82) is 0 Å². The van der Waals surface area contributed by atoms with Crippen molar-refractivity contribution in [1.82, 2.24) is 30.5 Å². The number of aliphatic hydroxyl groups excluding tert-OH is 1. The number of aryl methyl sites for hydroxylation is 1. The number of hydrogen-bond donors (Lipinski definition) is 3. The van der Waals surface area contributed by atoms with Crippen molar-refractivity contribution in [2.75, 3.05) is 33.8 Å². The van der Waals surface area contributed by atoms with Crippen molar-refractivity contribution in [3.8, 4) is 0 Å². The van der Waals surface area contributed by atoms with Crippen LogP contribution in [0.2, 0.25) is 0 Å². The zero-order valence-corrected chi connectivity index (χ0v) is 11.5. The molecule has 1 aromatic heterocycles. The van der Waals surface area contributed by atoms with E-state index >= 15 is 0 Å². The Labute approximate surface area is 112 Å². The van der Waals surface area contributed by atoms with Gasteiger partial charge >= 0.3 is 6.03 Å². The van der Waals surface area contributed by atoms with Crippen molar-refractivity contribution in [3.05, 3.63) is 11.9 Å². The molecule has 1 aromatic rings. The topological polar surface area (TPSA) is 95.3 Å². The molecule has 8 nitrogen and oxygen atoms in total. The van der Waals surface area contributed by atoms with Crippen LogP contribution in [-0.4, -0.2) is 64.8 Å². The second-order valence-corrected chi connectivity index (χ2v) is 4.35. The van der Waals surface area contributed by atoms with Crippen LogP contribution in [-0.2, 0) is 13.1 Å². The molecule has 108 valence electrons. The molecule has 0 unspecified atom stereocenters. The van der Waals surface area contributed by atoms with E-state index in [1.54, 1.807) is 18.8 Å². The maximum absolute atomic E-state index is 11.2. The molecule has 3 N–H and O–H groups in total. The molecule has 0 saturated heterocycles. The minimum absolute atomic E-state index is 0.100. The Morgan fingerprint density at radius 3 is 2.95 bits per heavy atom. The maximum Gasteiger partial charge on any atom is 0.316 e.